The Kier molecular flexibility index (Phi) is 4.53. The molecule has 0 spiro atoms. The molecule has 1 aliphatic rings. The summed E-state index contributed by atoms with van der Waals surface area (Å²) in [6.07, 6.45) is 3.56. The largest absolute Gasteiger partial charge is 0.333 e. The van der Waals surface area contributed by atoms with Crippen molar-refractivity contribution >= 4 is 16.8 Å². The number of fused-ring (bicyclic) bond motifs is 2. The van der Waals surface area contributed by atoms with Gasteiger partial charge in [-0.3, -0.25) is 14.5 Å². The third kappa shape index (κ3) is 3.17. The van der Waals surface area contributed by atoms with E-state index in [0.29, 0.717) is 34.6 Å². The van der Waals surface area contributed by atoms with Crippen molar-refractivity contribution in [3.8, 4) is 11.4 Å². The maximum atomic E-state index is 13.3. The zero-order valence-electron chi connectivity index (χ0n) is 17.0. The van der Waals surface area contributed by atoms with Gasteiger partial charge < -0.3 is 4.90 Å². The lowest BCUT2D eigenvalue weighted by Gasteiger charge is -2.33. The summed E-state index contributed by atoms with van der Waals surface area (Å²) in [5.41, 5.74) is 4.32. The molecule has 1 atom stereocenters. The summed E-state index contributed by atoms with van der Waals surface area (Å²) in [5.74, 6) is -0.0712. The molecule has 158 valence electrons. The van der Waals surface area contributed by atoms with Crippen LogP contribution in [0.15, 0.2) is 48.8 Å². The van der Waals surface area contributed by atoms with E-state index in [2.05, 4.69) is 15.2 Å². The first-order chi connectivity index (χ1) is 14.9. The summed E-state index contributed by atoms with van der Waals surface area (Å²) in [6.45, 7) is -0.249. The minimum absolute atomic E-state index is 0.0712. The number of alkyl halides is 2. The third-order valence-corrected chi connectivity index (χ3v) is 5.80. The van der Waals surface area contributed by atoms with E-state index in [1.807, 2.05) is 31.2 Å². The number of carbonyl (C=O) groups excluding carboxylic acids is 1. The highest BCUT2D eigenvalue weighted by atomic mass is 19.3. The number of nitrogens with zero attached hydrogens (tertiary/aromatic N) is 6. The predicted octanol–water partition coefficient (Wildman–Crippen LogP) is 3.99. The monoisotopic (exact) mass is 422 g/mol. The van der Waals surface area contributed by atoms with Crippen LogP contribution in [0.5, 0.6) is 0 Å². The number of aryl methyl sites for hydroxylation is 1. The molecule has 0 saturated heterocycles. The zero-order valence-corrected chi connectivity index (χ0v) is 17.0. The van der Waals surface area contributed by atoms with Crippen molar-refractivity contribution in [1.29, 1.82) is 0 Å². The normalized spacial score (nSPS) is 16.2. The number of amides is 1. The number of hydrogen-bond acceptors (Lipinski definition) is 4. The fourth-order valence-corrected chi connectivity index (χ4v) is 4.29. The van der Waals surface area contributed by atoms with Crippen LogP contribution in [0.3, 0.4) is 0 Å². The molecular formula is C22H20F2N6O. The molecule has 1 amide bonds. The highest BCUT2D eigenvalue weighted by Crippen LogP contribution is 2.35. The van der Waals surface area contributed by atoms with Crippen LogP contribution < -0.4 is 0 Å². The third-order valence-electron chi connectivity index (χ3n) is 5.80. The number of pyridine rings is 1. The van der Waals surface area contributed by atoms with Crippen molar-refractivity contribution in [3.05, 3.63) is 65.6 Å². The van der Waals surface area contributed by atoms with Gasteiger partial charge in [0.15, 0.2) is 0 Å². The molecule has 4 aromatic rings. The van der Waals surface area contributed by atoms with Crippen LogP contribution in [0.2, 0.25) is 0 Å². The van der Waals surface area contributed by atoms with Crippen LogP contribution in [-0.4, -0.2) is 41.9 Å². The van der Waals surface area contributed by atoms with Crippen LogP contribution >= 0.6 is 0 Å². The lowest BCUT2D eigenvalue weighted by Crippen LogP contribution is -2.38. The number of rotatable bonds is 3. The quantitative estimate of drug-likeness (QED) is 0.501. The molecule has 5 rings (SSSR count). The Balaban J connectivity index is 1.47. The highest BCUT2D eigenvalue weighted by Gasteiger charge is 2.34. The van der Waals surface area contributed by atoms with Gasteiger partial charge in [0.25, 0.3) is 5.91 Å². The second-order valence-electron chi connectivity index (χ2n) is 7.63. The van der Waals surface area contributed by atoms with E-state index in [0.717, 1.165) is 22.2 Å². The molecule has 4 heterocycles. The molecular weight excluding hydrogens is 402 g/mol. The van der Waals surface area contributed by atoms with Crippen molar-refractivity contribution in [2.24, 2.45) is 7.05 Å². The van der Waals surface area contributed by atoms with Crippen LogP contribution in [-0.2, 0) is 13.5 Å². The number of benzene rings is 1. The van der Waals surface area contributed by atoms with Crippen molar-refractivity contribution in [3.63, 3.8) is 0 Å². The van der Waals surface area contributed by atoms with Gasteiger partial charge in [0.05, 0.1) is 22.9 Å². The van der Waals surface area contributed by atoms with Gasteiger partial charge in [-0.2, -0.15) is 19.0 Å². The molecule has 0 bridgehead atoms. The van der Waals surface area contributed by atoms with Crippen LogP contribution in [0.4, 0.5) is 8.78 Å². The summed E-state index contributed by atoms with van der Waals surface area (Å²) >= 11 is 0. The molecule has 3 aromatic heterocycles. The molecule has 0 N–H and O–H groups in total. The Morgan fingerprint density at radius 1 is 1.19 bits per heavy atom. The molecule has 0 aliphatic carbocycles. The van der Waals surface area contributed by atoms with E-state index in [-0.39, 0.29) is 11.9 Å². The van der Waals surface area contributed by atoms with Crippen molar-refractivity contribution in [1.82, 2.24) is 29.4 Å². The number of hydrogen-bond donors (Lipinski definition) is 0. The second kappa shape index (κ2) is 7.26. The first-order valence-electron chi connectivity index (χ1n) is 9.99. The molecule has 0 fully saturated rings. The van der Waals surface area contributed by atoms with Gasteiger partial charge in [0, 0.05) is 42.5 Å². The lowest BCUT2D eigenvalue weighted by molar-refractivity contribution is 0.0568. The van der Waals surface area contributed by atoms with Crippen molar-refractivity contribution < 1.29 is 13.6 Å². The van der Waals surface area contributed by atoms with Gasteiger partial charge in [0.1, 0.15) is 5.69 Å². The Morgan fingerprint density at radius 3 is 2.81 bits per heavy atom. The Morgan fingerprint density at radius 2 is 2.03 bits per heavy atom. The van der Waals surface area contributed by atoms with Gasteiger partial charge in [-0.1, -0.05) is 6.07 Å². The topological polar surface area (TPSA) is 68.8 Å². The Labute approximate surface area is 176 Å². The number of carbonyl (C=O) groups is 1. The summed E-state index contributed by atoms with van der Waals surface area (Å²) in [4.78, 5) is 19.4. The zero-order chi connectivity index (χ0) is 21.7. The first kappa shape index (κ1) is 19.3. The van der Waals surface area contributed by atoms with Crippen LogP contribution in [0.1, 0.15) is 41.1 Å². The summed E-state index contributed by atoms with van der Waals surface area (Å²) in [6, 6.07) is 10.6. The summed E-state index contributed by atoms with van der Waals surface area (Å²) < 4.78 is 28.2. The number of aromatic nitrogens is 5. The van der Waals surface area contributed by atoms with E-state index in [4.69, 9.17) is 0 Å². The van der Waals surface area contributed by atoms with E-state index < -0.39 is 6.55 Å². The Bertz CT molecular complexity index is 1290. The molecule has 0 radical (unpaired) electrons. The second-order valence-corrected chi connectivity index (χ2v) is 7.63. The SMILES string of the molecule is C[C@H]1c2nn(C)c(-c3ccn(C(F)F)n3)c2CCN1C(=O)c1ccc2ncccc2c1. The highest BCUT2D eigenvalue weighted by molar-refractivity contribution is 5.98. The minimum atomic E-state index is -2.69. The smallest absolute Gasteiger partial charge is 0.330 e. The van der Waals surface area contributed by atoms with E-state index in [1.54, 1.807) is 35.0 Å². The average molecular weight is 422 g/mol. The number of halogens is 2. The van der Waals surface area contributed by atoms with Gasteiger partial charge in [-0.05, 0) is 43.7 Å². The molecule has 9 heteroatoms. The van der Waals surface area contributed by atoms with Gasteiger partial charge in [0.2, 0.25) is 0 Å². The van der Waals surface area contributed by atoms with Crippen LogP contribution in [0, 0.1) is 0 Å². The van der Waals surface area contributed by atoms with Crippen LogP contribution in [0.25, 0.3) is 22.3 Å². The average Bonchev–Trinajstić information content (AvgIpc) is 3.38. The fourth-order valence-electron chi connectivity index (χ4n) is 4.29. The summed E-state index contributed by atoms with van der Waals surface area (Å²) in [5, 5.41) is 9.52. The van der Waals surface area contributed by atoms with Crippen molar-refractivity contribution in [2.45, 2.75) is 25.9 Å². The first-order valence-corrected chi connectivity index (χ1v) is 9.99. The van der Waals surface area contributed by atoms with E-state index in [9.17, 15) is 13.6 Å². The maximum Gasteiger partial charge on any atom is 0.333 e. The molecule has 1 aliphatic heterocycles. The van der Waals surface area contributed by atoms with Gasteiger partial charge in [-0.15, -0.1) is 0 Å². The predicted molar refractivity (Wildman–Crippen MR) is 111 cm³/mol. The fraction of sp³-hybridized carbons (Fsp3) is 0.273. The van der Waals surface area contributed by atoms with E-state index in [1.165, 1.54) is 6.20 Å². The lowest BCUT2D eigenvalue weighted by atomic mass is 9.96. The standard InChI is InChI=1S/C22H20F2N6O/c1-13-19-16(20(28(2)27-19)18-8-11-30(26-18)22(23)24)7-10-29(13)21(31)15-5-6-17-14(12-15)4-3-9-25-17/h3-6,8-9,11-13,22H,7,10H2,1-2H3/t13-/m0/s1. The van der Waals surface area contributed by atoms with Gasteiger partial charge >= 0.3 is 6.55 Å². The molecule has 1 aromatic carbocycles. The minimum Gasteiger partial charge on any atom is -0.330 e. The molecule has 31 heavy (non-hydrogen) atoms. The maximum absolute atomic E-state index is 13.3. The molecule has 0 unspecified atom stereocenters. The summed E-state index contributed by atoms with van der Waals surface area (Å²) in [7, 11) is 1.77. The van der Waals surface area contributed by atoms with Crippen molar-refractivity contribution in [2.75, 3.05) is 6.54 Å². The van der Waals surface area contributed by atoms with Gasteiger partial charge in [-0.25, -0.2) is 4.68 Å². The Hall–Kier alpha value is -3.62. The molecule has 0 saturated carbocycles. The van der Waals surface area contributed by atoms with E-state index >= 15 is 0 Å². The molecule has 7 nitrogen and oxygen atoms in total.